The Hall–Kier alpha value is -4.13. The van der Waals surface area contributed by atoms with Crippen LogP contribution in [0.15, 0.2) is 78.2 Å². The molecule has 1 heterocycles. The lowest BCUT2D eigenvalue weighted by molar-refractivity contribution is -0.137. The van der Waals surface area contributed by atoms with Gasteiger partial charge in [-0.25, -0.2) is 9.37 Å². The number of carbonyl (C=O) groups is 2. The van der Waals surface area contributed by atoms with E-state index < -0.39 is 35.1 Å². The van der Waals surface area contributed by atoms with Crippen LogP contribution in [-0.2, 0) is 24.8 Å². The predicted octanol–water partition coefficient (Wildman–Crippen LogP) is 5.68. The molecule has 0 fully saturated rings. The highest BCUT2D eigenvalue weighted by Crippen LogP contribution is 2.31. The molecule has 0 aliphatic rings. The Morgan fingerprint density at radius 2 is 1.70 bits per heavy atom. The molecule has 4 rings (SSSR count). The molecular weight excluding hydrogens is 596 g/mol. The van der Waals surface area contributed by atoms with Gasteiger partial charge in [-0.3, -0.25) is 9.59 Å². The van der Waals surface area contributed by atoms with Gasteiger partial charge in [-0.1, -0.05) is 36.4 Å². The van der Waals surface area contributed by atoms with Gasteiger partial charge in [-0.15, -0.1) is 11.3 Å². The normalized spacial score (nSPS) is 13.6. The first-order valence-electron chi connectivity index (χ1n) is 13.7. The first-order chi connectivity index (χ1) is 20.8. The summed E-state index contributed by atoms with van der Waals surface area (Å²) in [7, 11) is 1.65. The van der Waals surface area contributed by atoms with Crippen LogP contribution >= 0.6 is 11.3 Å². The fourth-order valence-corrected chi connectivity index (χ4v) is 5.50. The molecule has 0 unspecified atom stereocenters. The van der Waals surface area contributed by atoms with Crippen LogP contribution in [0.1, 0.15) is 55.0 Å². The number of rotatable bonds is 11. The minimum Gasteiger partial charge on any atom is -0.389 e. The molecule has 3 N–H and O–H groups in total. The number of hydrogen-bond acceptors (Lipinski definition) is 6. The van der Waals surface area contributed by atoms with Crippen molar-refractivity contribution in [2.24, 2.45) is 0 Å². The largest absolute Gasteiger partial charge is 0.416 e. The van der Waals surface area contributed by atoms with Crippen molar-refractivity contribution in [2.75, 3.05) is 13.6 Å². The molecule has 44 heavy (non-hydrogen) atoms. The van der Waals surface area contributed by atoms with Gasteiger partial charge >= 0.3 is 6.18 Å². The van der Waals surface area contributed by atoms with Gasteiger partial charge in [0.05, 0.1) is 23.8 Å². The number of hydrogen-bond donors (Lipinski definition) is 3. The highest BCUT2D eigenvalue weighted by atomic mass is 32.1. The lowest BCUT2D eigenvalue weighted by Gasteiger charge is -2.36. The average molecular weight is 629 g/mol. The number of alkyl halides is 3. The van der Waals surface area contributed by atoms with Crippen LogP contribution in [0, 0.1) is 12.7 Å². The van der Waals surface area contributed by atoms with E-state index in [-0.39, 0.29) is 30.1 Å². The highest BCUT2D eigenvalue weighted by Gasteiger charge is 2.37. The minimum atomic E-state index is -4.70. The number of carbonyl (C=O) groups excluding carboxylic acids is 2. The molecule has 4 aromatic rings. The molecule has 0 aliphatic carbocycles. The molecule has 232 valence electrons. The second kappa shape index (κ2) is 13.7. The van der Waals surface area contributed by atoms with E-state index in [9.17, 15) is 32.3 Å². The molecule has 2 atom stereocenters. The number of aliphatic hydroxyl groups excluding tert-OH is 1. The second-order valence-electron chi connectivity index (χ2n) is 10.6. The van der Waals surface area contributed by atoms with Crippen LogP contribution in [0.2, 0.25) is 0 Å². The van der Waals surface area contributed by atoms with E-state index in [4.69, 9.17) is 0 Å². The quantitative estimate of drug-likeness (QED) is 0.186. The molecule has 0 bridgehead atoms. The third kappa shape index (κ3) is 8.07. The number of halogens is 4. The van der Waals surface area contributed by atoms with E-state index in [1.807, 2.05) is 12.3 Å². The van der Waals surface area contributed by atoms with E-state index in [1.54, 1.807) is 62.5 Å². The number of nitrogens with one attached hydrogen (secondary N) is 2. The highest BCUT2D eigenvalue weighted by molar-refractivity contribution is 7.09. The smallest absolute Gasteiger partial charge is 0.389 e. The summed E-state index contributed by atoms with van der Waals surface area (Å²) in [4.78, 5) is 32.5. The maximum atomic E-state index is 13.8. The molecule has 0 aliphatic heterocycles. The Balaban J connectivity index is 1.49. The van der Waals surface area contributed by atoms with Crippen molar-refractivity contribution in [1.29, 1.82) is 0 Å². The Bertz CT molecular complexity index is 1610. The zero-order valence-electron chi connectivity index (χ0n) is 24.3. The topological polar surface area (TPSA) is 94.6 Å². The summed E-state index contributed by atoms with van der Waals surface area (Å²) in [5, 5.41) is 19.7. The molecule has 1 aromatic heterocycles. The van der Waals surface area contributed by atoms with Gasteiger partial charge in [0, 0.05) is 42.3 Å². The monoisotopic (exact) mass is 628 g/mol. The van der Waals surface area contributed by atoms with Gasteiger partial charge in [0.25, 0.3) is 11.8 Å². The van der Waals surface area contributed by atoms with Crippen LogP contribution in [0.4, 0.5) is 17.6 Å². The number of amides is 2. The van der Waals surface area contributed by atoms with E-state index in [0.717, 1.165) is 22.8 Å². The number of nitrogens with zero attached hydrogens (tertiary/aromatic N) is 2. The van der Waals surface area contributed by atoms with Crippen LogP contribution in [-0.4, -0.2) is 46.5 Å². The minimum absolute atomic E-state index is 0.0476. The zero-order valence-corrected chi connectivity index (χ0v) is 25.1. The molecule has 0 saturated carbocycles. The number of thiazole rings is 1. The maximum Gasteiger partial charge on any atom is 0.416 e. The van der Waals surface area contributed by atoms with Gasteiger partial charge in [-0.2, -0.15) is 13.2 Å². The number of benzene rings is 3. The average Bonchev–Trinajstić information content (AvgIpc) is 3.40. The van der Waals surface area contributed by atoms with Crippen LogP contribution in [0.3, 0.4) is 0 Å². The van der Waals surface area contributed by atoms with Crippen molar-refractivity contribution in [3.63, 3.8) is 0 Å². The fourth-order valence-electron chi connectivity index (χ4n) is 4.68. The third-order valence-corrected chi connectivity index (χ3v) is 8.07. The lowest BCUT2D eigenvalue weighted by atomic mass is 9.85. The maximum absolute atomic E-state index is 13.8. The van der Waals surface area contributed by atoms with E-state index in [1.165, 1.54) is 22.3 Å². The molecule has 12 heteroatoms. The summed E-state index contributed by atoms with van der Waals surface area (Å²) in [5.41, 5.74) is -0.495. The van der Waals surface area contributed by atoms with Crippen molar-refractivity contribution in [1.82, 2.24) is 20.5 Å². The molecule has 0 saturated heterocycles. The van der Waals surface area contributed by atoms with E-state index >= 15 is 0 Å². The third-order valence-electron chi connectivity index (χ3n) is 7.12. The van der Waals surface area contributed by atoms with Crippen LogP contribution in [0.25, 0.3) is 0 Å². The molecule has 7 nitrogen and oxygen atoms in total. The molecule has 2 amide bonds. The lowest BCUT2D eigenvalue weighted by Crippen LogP contribution is -2.55. The fraction of sp³-hybridized carbons (Fsp3) is 0.281. The number of aromatic nitrogens is 1. The second-order valence-corrected chi connectivity index (χ2v) is 11.6. The summed E-state index contributed by atoms with van der Waals surface area (Å²) < 4.78 is 53.2. The standard InChI is InChI=1S/C32H32F4N4O3S/c1-20-19-44-28(38-20)18-40(3)30(43)23-9-7-8-22(14-23)29(42)39-31(2,24-10-5-4-6-11-24)27(41)17-37-16-21-12-25(32(34,35)36)15-26(33)13-21/h4-15,19,27,37,41H,16-18H2,1-3H3,(H,39,42)/t27-,31+/m1/s1. The van der Waals surface area contributed by atoms with Crippen molar-refractivity contribution in [2.45, 2.75) is 44.8 Å². The predicted molar refractivity (Wildman–Crippen MR) is 159 cm³/mol. The van der Waals surface area contributed by atoms with Gasteiger partial charge in [-0.05, 0) is 61.4 Å². The van der Waals surface area contributed by atoms with Gasteiger partial charge in [0.15, 0.2) is 0 Å². The summed E-state index contributed by atoms with van der Waals surface area (Å²) in [6, 6.07) is 17.2. The van der Waals surface area contributed by atoms with E-state index in [2.05, 4.69) is 15.6 Å². The molecular formula is C32H32F4N4O3S. The SMILES string of the molecule is Cc1csc(CN(C)C(=O)c2cccc(C(=O)N[C@@](C)(c3ccccc3)[C@H](O)CNCc3cc(F)cc(C(F)(F)F)c3)c2)n1. The van der Waals surface area contributed by atoms with Gasteiger partial charge in [0.2, 0.25) is 0 Å². The van der Waals surface area contributed by atoms with Crippen molar-refractivity contribution >= 4 is 23.2 Å². The summed E-state index contributed by atoms with van der Waals surface area (Å²) >= 11 is 1.45. The first kappa shape index (κ1) is 32.8. The Kier molecular flexibility index (Phi) is 10.2. The zero-order chi connectivity index (χ0) is 32.1. The van der Waals surface area contributed by atoms with Crippen molar-refractivity contribution < 1.29 is 32.3 Å². The summed E-state index contributed by atoms with van der Waals surface area (Å²) in [5.74, 6) is -1.87. The van der Waals surface area contributed by atoms with Crippen LogP contribution < -0.4 is 10.6 Å². The first-order valence-corrected chi connectivity index (χ1v) is 14.5. The number of aryl methyl sites for hydroxylation is 1. The Morgan fingerprint density at radius 1 is 1.00 bits per heavy atom. The Morgan fingerprint density at radius 3 is 2.36 bits per heavy atom. The molecule has 0 radical (unpaired) electrons. The molecule has 0 spiro atoms. The van der Waals surface area contributed by atoms with Crippen LogP contribution in [0.5, 0.6) is 0 Å². The van der Waals surface area contributed by atoms with Crippen molar-refractivity contribution in [3.05, 3.63) is 123 Å². The van der Waals surface area contributed by atoms with E-state index in [0.29, 0.717) is 23.7 Å². The summed E-state index contributed by atoms with van der Waals surface area (Å²) in [6.07, 6.45) is -5.97. The number of aliphatic hydroxyl groups is 1. The van der Waals surface area contributed by atoms with Crippen molar-refractivity contribution in [3.8, 4) is 0 Å². The molecule has 3 aromatic carbocycles. The summed E-state index contributed by atoms with van der Waals surface area (Å²) in [6.45, 7) is 3.50. The Labute approximate surface area is 256 Å². The van der Waals surface area contributed by atoms with Gasteiger partial charge < -0.3 is 20.6 Å². The van der Waals surface area contributed by atoms with Gasteiger partial charge in [0.1, 0.15) is 10.8 Å².